The third-order valence-electron chi connectivity index (χ3n) is 8.05. The van der Waals surface area contributed by atoms with Crippen LogP contribution in [0.3, 0.4) is 0 Å². The van der Waals surface area contributed by atoms with Gasteiger partial charge in [-0.2, -0.15) is 13.0 Å². The number of fused-ring (bicyclic) bond motifs is 2. The van der Waals surface area contributed by atoms with E-state index in [0.29, 0.717) is 0 Å². The number of rotatable bonds is 10. The SMILES string of the molecule is CC[N+]1=C(C=CC=CC=C2N(CCCCCO)c3ccccc3C2(C)C)C(C)(C)c2cc(S(=O)(=O)O)ccc21. The summed E-state index contributed by atoms with van der Waals surface area (Å²) in [5.41, 5.74) is 6.22. The van der Waals surface area contributed by atoms with Gasteiger partial charge in [-0.15, -0.1) is 0 Å². The van der Waals surface area contributed by atoms with Gasteiger partial charge in [-0.3, -0.25) is 4.55 Å². The molecule has 0 saturated heterocycles. The molecule has 2 aliphatic heterocycles. The average molecular weight is 550 g/mol. The van der Waals surface area contributed by atoms with Crippen LogP contribution in [0.4, 0.5) is 11.4 Å². The third kappa shape index (κ3) is 5.53. The van der Waals surface area contributed by atoms with Crippen molar-refractivity contribution in [2.45, 2.75) is 69.6 Å². The van der Waals surface area contributed by atoms with Gasteiger partial charge in [-0.1, -0.05) is 50.3 Å². The number of allylic oxidation sites excluding steroid dienone is 6. The molecule has 208 valence electrons. The lowest BCUT2D eigenvalue weighted by Crippen LogP contribution is -2.27. The molecule has 2 aliphatic rings. The molecular formula is C32H41N2O4S+. The first-order valence-electron chi connectivity index (χ1n) is 13.7. The summed E-state index contributed by atoms with van der Waals surface area (Å²) in [5, 5.41) is 9.18. The van der Waals surface area contributed by atoms with Gasteiger partial charge in [-0.05, 0) is 69.9 Å². The first kappa shape index (κ1) is 29.0. The van der Waals surface area contributed by atoms with E-state index in [9.17, 15) is 18.1 Å². The highest BCUT2D eigenvalue weighted by Crippen LogP contribution is 2.47. The van der Waals surface area contributed by atoms with E-state index in [0.717, 1.165) is 49.3 Å². The summed E-state index contributed by atoms with van der Waals surface area (Å²) >= 11 is 0. The predicted octanol–water partition coefficient (Wildman–Crippen LogP) is 6.29. The van der Waals surface area contributed by atoms with Crippen LogP contribution in [0.25, 0.3) is 0 Å². The minimum absolute atomic E-state index is 0.0804. The topological polar surface area (TPSA) is 80.8 Å². The van der Waals surface area contributed by atoms with Crippen LogP contribution in [-0.2, 0) is 20.9 Å². The summed E-state index contributed by atoms with van der Waals surface area (Å²) in [5.74, 6) is 0. The Hall–Kier alpha value is -3.00. The fraction of sp³-hybridized carbons (Fsp3) is 0.406. The lowest BCUT2D eigenvalue weighted by molar-refractivity contribution is -0.433. The molecule has 6 nitrogen and oxygen atoms in total. The Bertz CT molecular complexity index is 1460. The van der Waals surface area contributed by atoms with E-state index >= 15 is 0 Å². The number of aliphatic hydroxyl groups is 1. The highest BCUT2D eigenvalue weighted by Gasteiger charge is 2.44. The van der Waals surface area contributed by atoms with Crippen LogP contribution in [0, 0.1) is 0 Å². The van der Waals surface area contributed by atoms with Gasteiger partial charge in [0.05, 0.1) is 10.3 Å². The maximum atomic E-state index is 11.8. The molecule has 0 atom stereocenters. The van der Waals surface area contributed by atoms with Gasteiger partial charge in [-0.25, -0.2) is 0 Å². The van der Waals surface area contributed by atoms with E-state index in [4.69, 9.17) is 0 Å². The maximum absolute atomic E-state index is 11.8. The van der Waals surface area contributed by atoms with E-state index in [2.05, 4.69) is 86.6 Å². The van der Waals surface area contributed by atoms with E-state index in [-0.39, 0.29) is 16.9 Å². The fourth-order valence-electron chi connectivity index (χ4n) is 5.95. The number of para-hydroxylation sites is 1. The average Bonchev–Trinajstić information content (AvgIpc) is 3.24. The van der Waals surface area contributed by atoms with Gasteiger partial charge < -0.3 is 10.0 Å². The molecule has 0 aromatic heterocycles. The second-order valence-corrected chi connectivity index (χ2v) is 12.7. The number of benzene rings is 2. The minimum Gasteiger partial charge on any atom is -0.396 e. The van der Waals surface area contributed by atoms with Crippen LogP contribution < -0.4 is 4.90 Å². The number of anilines is 1. The van der Waals surface area contributed by atoms with E-state index in [1.165, 1.54) is 23.0 Å². The number of hydrogen-bond donors (Lipinski definition) is 2. The van der Waals surface area contributed by atoms with Crippen LogP contribution >= 0.6 is 0 Å². The van der Waals surface area contributed by atoms with Gasteiger partial charge in [0.2, 0.25) is 5.69 Å². The predicted molar refractivity (Wildman–Crippen MR) is 159 cm³/mol. The van der Waals surface area contributed by atoms with Gasteiger partial charge in [0, 0.05) is 47.7 Å². The highest BCUT2D eigenvalue weighted by molar-refractivity contribution is 7.85. The molecule has 39 heavy (non-hydrogen) atoms. The molecule has 7 heteroatoms. The number of hydrogen-bond acceptors (Lipinski definition) is 4. The summed E-state index contributed by atoms with van der Waals surface area (Å²) in [6.45, 7) is 12.7. The Morgan fingerprint density at radius 1 is 0.923 bits per heavy atom. The normalized spacial score (nSPS) is 19.1. The van der Waals surface area contributed by atoms with Crippen molar-refractivity contribution in [2.75, 3.05) is 24.6 Å². The fourth-order valence-corrected chi connectivity index (χ4v) is 6.46. The van der Waals surface area contributed by atoms with Crippen LogP contribution in [-0.4, -0.2) is 48.1 Å². The lowest BCUT2D eigenvalue weighted by Gasteiger charge is -2.27. The van der Waals surface area contributed by atoms with Gasteiger partial charge >= 0.3 is 0 Å². The molecule has 4 rings (SSSR count). The molecule has 2 aromatic carbocycles. The molecule has 2 heterocycles. The quantitative estimate of drug-likeness (QED) is 0.158. The van der Waals surface area contributed by atoms with Crippen LogP contribution in [0.5, 0.6) is 0 Å². The molecular weight excluding hydrogens is 508 g/mol. The molecule has 2 N–H and O–H groups in total. The summed E-state index contributed by atoms with van der Waals surface area (Å²) in [7, 11) is -4.27. The third-order valence-corrected chi connectivity index (χ3v) is 8.90. The molecule has 0 saturated carbocycles. The Morgan fingerprint density at radius 2 is 1.67 bits per heavy atom. The Labute approximate surface area is 233 Å². The van der Waals surface area contributed by atoms with Gasteiger partial charge in [0.1, 0.15) is 6.54 Å². The molecule has 0 fully saturated rings. The Kier molecular flexibility index (Phi) is 8.36. The van der Waals surface area contributed by atoms with Crippen molar-refractivity contribution in [1.82, 2.24) is 0 Å². The molecule has 2 aromatic rings. The summed E-state index contributed by atoms with van der Waals surface area (Å²) in [4.78, 5) is 2.33. The minimum atomic E-state index is -4.27. The lowest BCUT2D eigenvalue weighted by atomic mass is 9.81. The van der Waals surface area contributed by atoms with Crippen LogP contribution in [0.15, 0.2) is 83.4 Å². The van der Waals surface area contributed by atoms with Crippen molar-refractivity contribution < 1.29 is 22.7 Å². The Morgan fingerprint density at radius 3 is 2.36 bits per heavy atom. The van der Waals surface area contributed by atoms with Gasteiger partial charge in [0.25, 0.3) is 10.1 Å². The van der Waals surface area contributed by atoms with Crippen molar-refractivity contribution in [3.8, 4) is 0 Å². The number of unbranched alkanes of at least 4 members (excludes halogenated alkanes) is 2. The molecule has 0 radical (unpaired) electrons. The maximum Gasteiger partial charge on any atom is 0.294 e. The van der Waals surface area contributed by atoms with Crippen molar-refractivity contribution in [3.05, 3.63) is 89.7 Å². The highest BCUT2D eigenvalue weighted by atomic mass is 32.2. The molecule has 0 spiro atoms. The van der Waals surface area contributed by atoms with Crippen molar-refractivity contribution in [3.63, 3.8) is 0 Å². The first-order chi connectivity index (χ1) is 18.4. The summed E-state index contributed by atoms with van der Waals surface area (Å²) in [6.07, 6.45) is 13.3. The van der Waals surface area contributed by atoms with Gasteiger partial charge in [0.15, 0.2) is 5.71 Å². The largest absolute Gasteiger partial charge is 0.396 e. The van der Waals surface area contributed by atoms with E-state index in [1.54, 1.807) is 12.1 Å². The molecule has 0 amide bonds. The molecule has 0 bridgehead atoms. The van der Waals surface area contributed by atoms with Crippen LogP contribution in [0.1, 0.15) is 65.0 Å². The van der Waals surface area contributed by atoms with Crippen LogP contribution in [0.2, 0.25) is 0 Å². The zero-order valence-corrected chi connectivity index (χ0v) is 24.5. The standard InChI is InChI=1S/C32H40N2O4S/c1-6-33-28-20-19-24(39(36,37)38)23-26(28)32(4,5)29(33)17-9-7-10-18-30-31(2,3)25-15-11-12-16-27(25)34(30)21-13-8-14-22-35/h7,9-12,15-20,23,35H,6,8,13-14,21-22H2,1-5H3/p+1. The van der Waals surface area contributed by atoms with E-state index < -0.39 is 15.5 Å². The molecule has 0 unspecified atom stereocenters. The molecule has 0 aliphatic carbocycles. The summed E-state index contributed by atoms with van der Waals surface area (Å²) < 4.78 is 35.3. The summed E-state index contributed by atoms with van der Waals surface area (Å²) in [6, 6.07) is 13.4. The smallest absolute Gasteiger partial charge is 0.294 e. The first-order valence-corrected chi connectivity index (χ1v) is 15.2. The number of aliphatic hydroxyl groups excluding tert-OH is 1. The van der Waals surface area contributed by atoms with Crippen molar-refractivity contribution in [2.24, 2.45) is 0 Å². The zero-order valence-electron chi connectivity index (χ0n) is 23.7. The zero-order chi connectivity index (χ0) is 28.4. The Balaban J connectivity index is 1.60. The van der Waals surface area contributed by atoms with Crippen molar-refractivity contribution >= 4 is 27.2 Å². The van der Waals surface area contributed by atoms with E-state index in [1.807, 2.05) is 12.2 Å². The second kappa shape index (κ2) is 11.2. The monoisotopic (exact) mass is 549 g/mol. The number of nitrogens with zero attached hydrogens (tertiary/aromatic N) is 2. The van der Waals surface area contributed by atoms with Crippen molar-refractivity contribution in [1.29, 1.82) is 0 Å². The second-order valence-electron chi connectivity index (χ2n) is 11.3.